The molecule has 0 heterocycles. The second-order valence-electron chi connectivity index (χ2n) is 11.3. The number of rotatable bonds is 6. The number of aliphatic hydroxyl groups is 3. The lowest BCUT2D eigenvalue weighted by molar-refractivity contribution is 0.0596. The number of aliphatic hydroxyl groups excluding tert-OH is 2. The summed E-state index contributed by atoms with van der Waals surface area (Å²) in [6.07, 6.45) is 13.9. The molecule has 0 unspecified atom stereocenters. The molecular weight excluding hydrogens is 372 g/mol. The molecule has 0 aromatic carbocycles. The Morgan fingerprint density at radius 2 is 1.97 bits per heavy atom. The van der Waals surface area contributed by atoms with Crippen molar-refractivity contribution in [2.75, 3.05) is 0 Å². The highest BCUT2D eigenvalue weighted by molar-refractivity contribution is 5.38. The third-order valence-electron chi connectivity index (χ3n) is 8.44. The second-order valence-corrected chi connectivity index (χ2v) is 11.3. The molecule has 0 amide bonds. The molecule has 3 aliphatic carbocycles. The molecule has 0 aliphatic heterocycles. The zero-order valence-electron chi connectivity index (χ0n) is 19.7. The maximum atomic E-state index is 10.1. The zero-order chi connectivity index (χ0) is 22.1. The van der Waals surface area contributed by atoms with Gasteiger partial charge in [0.25, 0.3) is 0 Å². The summed E-state index contributed by atoms with van der Waals surface area (Å²) >= 11 is 0. The van der Waals surface area contributed by atoms with Gasteiger partial charge in [0.15, 0.2) is 0 Å². The van der Waals surface area contributed by atoms with Gasteiger partial charge in [-0.25, -0.2) is 0 Å². The van der Waals surface area contributed by atoms with Gasteiger partial charge in [0.2, 0.25) is 0 Å². The van der Waals surface area contributed by atoms with Crippen molar-refractivity contribution in [1.82, 2.24) is 0 Å². The molecule has 3 nitrogen and oxygen atoms in total. The van der Waals surface area contributed by atoms with E-state index in [2.05, 4.69) is 32.6 Å². The molecule has 0 saturated heterocycles. The van der Waals surface area contributed by atoms with Gasteiger partial charge in [-0.1, -0.05) is 51.0 Å². The Kier molecular flexibility index (Phi) is 7.37. The van der Waals surface area contributed by atoms with Crippen molar-refractivity contribution in [3.8, 4) is 0 Å². The van der Waals surface area contributed by atoms with E-state index >= 15 is 0 Å². The van der Waals surface area contributed by atoms with Crippen LogP contribution in [-0.4, -0.2) is 33.1 Å². The highest BCUT2D eigenvalue weighted by Crippen LogP contribution is 2.60. The Bertz CT molecular complexity index is 683. The summed E-state index contributed by atoms with van der Waals surface area (Å²) in [5, 5.41) is 30.2. The molecule has 6 atom stereocenters. The highest BCUT2D eigenvalue weighted by atomic mass is 16.3. The van der Waals surface area contributed by atoms with Crippen molar-refractivity contribution in [3.05, 3.63) is 35.5 Å². The predicted octanol–water partition coefficient (Wildman–Crippen LogP) is 5.70. The largest absolute Gasteiger partial charge is 0.393 e. The SMILES string of the molecule is C=C1C(=CC=C2CCC[C@]3(C)[C@@H]([C@H](C)CCCC(C)(C)O)CC[C@@H]23)C[C@@H](O)C[C@@H]1O. The molecule has 0 bridgehead atoms. The van der Waals surface area contributed by atoms with E-state index in [9.17, 15) is 15.3 Å². The lowest BCUT2D eigenvalue weighted by Gasteiger charge is -2.44. The van der Waals surface area contributed by atoms with E-state index in [1.807, 2.05) is 13.8 Å². The first-order valence-corrected chi connectivity index (χ1v) is 12.2. The lowest BCUT2D eigenvalue weighted by Crippen LogP contribution is -2.36. The number of fused-ring (bicyclic) bond motifs is 1. The molecule has 3 saturated carbocycles. The van der Waals surface area contributed by atoms with Gasteiger partial charge >= 0.3 is 0 Å². The maximum absolute atomic E-state index is 10.1. The van der Waals surface area contributed by atoms with Gasteiger partial charge in [0.1, 0.15) is 0 Å². The van der Waals surface area contributed by atoms with Crippen molar-refractivity contribution in [3.63, 3.8) is 0 Å². The van der Waals surface area contributed by atoms with Crippen LogP contribution < -0.4 is 0 Å². The monoisotopic (exact) mass is 416 g/mol. The molecule has 3 rings (SSSR count). The van der Waals surface area contributed by atoms with Crippen molar-refractivity contribution in [1.29, 1.82) is 0 Å². The minimum atomic E-state index is -0.615. The van der Waals surface area contributed by atoms with E-state index in [1.165, 1.54) is 38.5 Å². The normalized spacial score (nSPS) is 38.8. The standard InChI is InChI=1S/C27H44O3/c1-18(8-6-14-26(3,4)30)23-12-13-24-20(9-7-15-27(23,24)5)10-11-21-16-22(28)17-25(29)19(21)2/h10-11,18,22-25,28-30H,2,6-9,12-17H2,1,3-5H3/t18-,22-,23-,24+,25+,27-/m1/s1. The van der Waals surface area contributed by atoms with Gasteiger partial charge in [0.05, 0.1) is 17.8 Å². The van der Waals surface area contributed by atoms with Crippen LogP contribution in [0.3, 0.4) is 0 Å². The Labute approximate surface area is 184 Å². The minimum absolute atomic E-state index is 0.374. The Morgan fingerprint density at radius 1 is 1.23 bits per heavy atom. The molecule has 30 heavy (non-hydrogen) atoms. The van der Waals surface area contributed by atoms with Gasteiger partial charge < -0.3 is 15.3 Å². The molecule has 3 heteroatoms. The molecule has 3 aliphatic rings. The Balaban J connectivity index is 1.70. The summed E-state index contributed by atoms with van der Waals surface area (Å²) < 4.78 is 0. The molecule has 0 aromatic rings. The van der Waals surface area contributed by atoms with Crippen LogP contribution in [-0.2, 0) is 0 Å². The summed E-state index contributed by atoms with van der Waals surface area (Å²) in [5.74, 6) is 2.11. The smallest absolute Gasteiger partial charge is 0.0811 e. The summed E-state index contributed by atoms with van der Waals surface area (Å²) in [6.45, 7) is 12.8. The summed E-state index contributed by atoms with van der Waals surface area (Å²) in [4.78, 5) is 0. The van der Waals surface area contributed by atoms with E-state index in [4.69, 9.17) is 0 Å². The van der Waals surface area contributed by atoms with E-state index < -0.39 is 17.8 Å². The second kappa shape index (κ2) is 9.30. The quantitative estimate of drug-likeness (QED) is 0.520. The van der Waals surface area contributed by atoms with Gasteiger partial charge in [-0.2, -0.15) is 0 Å². The molecule has 0 radical (unpaired) electrons. The average Bonchev–Trinajstić information content (AvgIpc) is 3.00. The van der Waals surface area contributed by atoms with Crippen molar-refractivity contribution in [2.45, 2.75) is 110 Å². The van der Waals surface area contributed by atoms with Crippen LogP contribution in [0.5, 0.6) is 0 Å². The van der Waals surface area contributed by atoms with Crippen LogP contribution >= 0.6 is 0 Å². The number of hydrogen-bond donors (Lipinski definition) is 3. The first-order valence-electron chi connectivity index (χ1n) is 12.2. The Morgan fingerprint density at radius 3 is 2.67 bits per heavy atom. The Hall–Kier alpha value is -0.900. The van der Waals surface area contributed by atoms with Crippen LogP contribution in [0.4, 0.5) is 0 Å². The number of hydrogen-bond acceptors (Lipinski definition) is 3. The zero-order valence-corrected chi connectivity index (χ0v) is 19.7. The van der Waals surface area contributed by atoms with Crippen molar-refractivity contribution >= 4 is 0 Å². The van der Waals surface area contributed by atoms with E-state index in [0.29, 0.717) is 30.1 Å². The minimum Gasteiger partial charge on any atom is -0.393 e. The third-order valence-corrected chi connectivity index (χ3v) is 8.44. The first-order chi connectivity index (χ1) is 14.0. The summed E-state index contributed by atoms with van der Waals surface area (Å²) in [7, 11) is 0. The molecule has 0 aromatic heterocycles. The maximum Gasteiger partial charge on any atom is 0.0811 e. The van der Waals surface area contributed by atoms with Crippen LogP contribution in [0.1, 0.15) is 91.9 Å². The average molecular weight is 417 g/mol. The lowest BCUT2D eigenvalue weighted by atomic mass is 9.60. The summed E-state index contributed by atoms with van der Waals surface area (Å²) in [5.41, 5.74) is 3.17. The molecular formula is C27H44O3. The topological polar surface area (TPSA) is 60.7 Å². The van der Waals surface area contributed by atoms with Gasteiger partial charge in [0, 0.05) is 6.42 Å². The molecule has 3 N–H and O–H groups in total. The third kappa shape index (κ3) is 5.29. The summed E-state index contributed by atoms with van der Waals surface area (Å²) in [6, 6.07) is 0. The molecule has 0 spiro atoms. The first kappa shape index (κ1) is 23.8. The molecule has 3 fully saturated rings. The van der Waals surface area contributed by atoms with Crippen molar-refractivity contribution in [2.24, 2.45) is 23.2 Å². The van der Waals surface area contributed by atoms with Crippen LogP contribution in [0.25, 0.3) is 0 Å². The fraction of sp³-hybridized carbons (Fsp3) is 0.778. The van der Waals surface area contributed by atoms with Gasteiger partial charge in [-0.15, -0.1) is 0 Å². The number of allylic oxidation sites excluding steroid dienone is 3. The van der Waals surface area contributed by atoms with Crippen molar-refractivity contribution < 1.29 is 15.3 Å². The van der Waals surface area contributed by atoms with E-state index in [1.54, 1.807) is 5.57 Å². The fourth-order valence-corrected chi connectivity index (χ4v) is 6.74. The van der Waals surface area contributed by atoms with E-state index in [-0.39, 0.29) is 0 Å². The highest BCUT2D eigenvalue weighted by Gasteiger charge is 2.50. The van der Waals surface area contributed by atoms with Crippen LogP contribution in [0.2, 0.25) is 0 Å². The van der Waals surface area contributed by atoms with Gasteiger partial charge in [-0.3, -0.25) is 0 Å². The van der Waals surface area contributed by atoms with Crippen LogP contribution in [0, 0.1) is 23.2 Å². The van der Waals surface area contributed by atoms with Crippen LogP contribution in [0.15, 0.2) is 35.5 Å². The predicted molar refractivity (Wildman–Crippen MR) is 124 cm³/mol. The molecule has 170 valence electrons. The van der Waals surface area contributed by atoms with Gasteiger partial charge in [-0.05, 0) is 93.1 Å². The van der Waals surface area contributed by atoms with E-state index in [0.717, 1.165) is 29.9 Å². The fourth-order valence-electron chi connectivity index (χ4n) is 6.74.